The molecule has 0 fully saturated rings. The normalized spacial score (nSPS) is 12.0. The number of para-hydroxylation sites is 1. The van der Waals surface area contributed by atoms with Gasteiger partial charge < -0.3 is 19.1 Å². The first-order chi connectivity index (χ1) is 18.7. The quantitative estimate of drug-likeness (QED) is 0.271. The smallest absolute Gasteiger partial charge is 0.322 e. The number of fused-ring (bicyclic) bond motifs is 1. The zero-order valence-corrected chi connectivity index (χ0v) is 22.8. The second-order valence-corrected chi connectivity index (χ2v) is 10.7. The van der Waals surface area contributed by atoms with Crippen molar-refractivity contribution in [2.45, 2.75) is 37.8 Å². The second kappa shape index (κ2) is 12.1. The summed E-state index contributed by atoms with van der Waals surface area (Å²) in [6.45, 7) is 4.35. The zero-order valence-electron chi connectivity index (χ0n) is 22.0. The van der Waals surface area contributed by atoms with Crippen molar-refractivity contribution in [3.05, 3.63) is 89.6 Å². The third-order valence-corrected chi connectivity index (χ3v) is 7.78. The van der Waals surface area contributed by atoms with Gasteiger partial charge in [0.25, 0.3) is 0 Å². The Morgan fingerprint density at radius 3 is 2.51 bits per heavy atom. The molecule has 4 aromatic rings. The Hall–Kier alpha value is -4.26. The zero-order chi connectivity index (χ0) is 28.0. The summed E-state index contributed by atoms with van der Waals surface area (Å²) in [5, 5.41) is 10.8. The van der Waals surface area contributed by atoms with Crippen molar-refractivity contribution in [2.24, 2.45) is 0 Å². The molecule has 0 saturated carbocycles. The molecule has 0 spiro atoms. The first kappa shape index (κ1) is 27.8. The number of nitrogens with zero attached hydrogens (tertiary/aromatic N) is 1. The molecule has 9 heteroatoms. The standard InChI is InChI=1S/C30H30N2O6S/c1-4-5-16-38-24-11-13-25(14-12-24)39(35,36)31-27(30(33)34)18-23-20-32(28-15-10-21(2)17-26(23)28)19-22-8-6-7-9-29(22)37-3/h6-15,17,20,27,31H,16,18-19H2,1-3H3,(H,33,34). The fourth-order valence-corrected chi connectivity index (χ4v) is 5.55. The molecule has 1 heterocycles. The predicted molar refractivity (Wildman–Crippen MR) is 150 cm³/mol. The molecular weight excluding hydrogens is 516 g/mol. The van der Waals surface area contributed by atoms with Gasteiger partial charge in [-0.3, -0.25) is 4.79 Å². The lowest BCUT2D eigenvalue weighted by atomic mass is 10.0. The molecule has 2 N–H and O–H groups in total. The van der Waals surface area contributed by atoms with Crippen LogP contribution >= 0.6 is 0 Å². The van der Waals surface area contributed by atoms with E-state index in [2.05, 4.69) is 16.6 Å². The van der Waals surface area contributed by atoms with Crippen LogP contribution in [0.1, 0.15) is 23.6 Å². The number of carboxylic acids is 1. The van der Waals surface area contributed by atoms with Gasteiger partial charge in [-0.25, -0.2) is 8.42 Å². The Morgan fingerprint density at radius 2 is 1.82 bits per heavy atom. The lowest BCUT2D eigenvalue weighted by Gasteiger charge is -2.15. The average Bonchev–Trinajstić information content (AvgIpc) is 3.24. The molecular formula is C30H30N2O6S. The van der Waals surface area contributed by atoms with E-state index in [-0.39, 0.29) is 17.9 Å². The van der Waals surface area contributed by atoms with Crippen LogP contribution in [0.5, 0.6) is 11.5 Å². The van der Waals surface area contributed by atoms with E-state index in [1.807, 2.05) is 60.2 Å². The summed E-state index contributed by atoms with van der Waals surface area (Å²) in [6.07, 6.45) is 1.84. The Labute approximate surface area is 228 Å². The van der Waals surface area contributed by atoms with Crippen molar-refractivity contribution in [1.82, 2.24) is 9.29 Å². The first-order valence-electron chi connectivity index (χ1n) is 12.3. The van der Waals surface area contributed by atoms with Gasteiger partial charge in [-0.15, -0.1) is 5.92 Å². The number of benzene rings is 3. The van der Waals surface area contributed by atoms with Crippen molar-refractivity contribution >= 4 is 26.9 Å². The number of sulfonamides is 1. The van der Waals surface area contributed by atoms with Crippen LogP contribution in [-0.2, 0) is 27.8 Å². The molecule has 202 valence electrons. The van der Waals surface area contributed by atoms with Gasteiger partial charge in [-0.1, -0.05) is 35.7 Å². The Kier molecular flexibility index (Phi) is 8.59. The summed E-state index contributed by atoms with van der Waals surface area (Å²) in [5.41, 5.74) is 3.61. The minimum absolute atomic E-state index is 0.0374. The molecule has 0 radical (unpaired) electrons. The van der Waals surface area contributed by atoms with E-state index in [0.29, 0.717) is 12.3 Å². The molecule has 0 aliphatic rings. The lowest BCUT2D eigenvalue weighted by Crippen LogP contribution is -2.42. The molecule has 0 aliphatic heterocycles. The molecule has 8 nitrogen and oxygen atoms in total. The van der Waals surface area contributed by atoms with Crippen LogP contribution in [0.2, 0.25) is 0 Å². The minimum Gasteiger partial charge on any atom is -0.496 e. The number of methoxy groups -OCH3 is 1. The van der Waals surface area contributed by atoms with E-state index in [1.165, 1.54) is 24.3 Å². The molecule has 4 rings (SSSR count). The maximum absolute atomic E-state index is 13.1. The van der Waals surface area contributed by atoms with Crippen LogP contribution in [0.15, 0.2) is 77.8 Å². The molecule has 1 unspecified atom stereocenters. The van der Waals surface area contributed by atoms with Gasteiger partial charge in [0.1, 0.15) is 24.1 Å². The second-order valence-electron chi connectivity index (χ2n) is 9.02. The molecule has 0 saturated heterocycles. The summed E-state index contributed by atoms with van der Waals surface area (Å²) in [4.78, 5) is 12.2. The Balaban J connectivity index is 1.61. The van der Waals surface area contributed by atoms with E-state index in [1.54, 1.807) is 14.0 Å². The SMILES string of the molecule is CC#CCOc1ccc(S(=O)(=O)NC(Cc2cn(Cc3ccccc3OC)c3ccc(C)cc23)C(=O)O)cc1. The first-order valence-corrected chi connectivity index (χ1v) is 13.8. The molecule has 1 atom stereocenters. The van der Waals surface area contributed by atoms with Crippen molar-refractivity contribution in [3.63, 3.8) is 0 Å². The van der Waals surface area contributed by atoms with Crippen molar-refractivity contribution in [3.8, 4) is 23.3 Å². The minimum atomic E-state index is -4.12. The summed E-state index contributed by atoms with van der Waals surface area (Å²) in [6, 6.07) is 18.0. The summed E-state index contributed by atoms with van der Waals surface area (Å²) >= 11 is 0. The van der Waals surface area contributed by atoms with E-state index in [4.69, 9.17) is 9.47 Å². The van der Waals surface area contributed by atoms with Crippen LogP contribution in [0.25, 0.3) is 10.9 Å². The maximum Gasteiger partial charge on any atom is 0.322 e. The topological polar surface area (TPSA) is 107 Å². The number of ether oxygens (including phenoxy) is 2. The summed E-state index contributed by atoms with van der Waals surface area (Å²) < 4.78 is 41.5. The van der Waals surface area contributed by atoms with Crippen LogP contribution in [-0.4, -0.2) is 43.8 Å². The van der Waals surface area contributed by atoms with Crippen molar-refractivity contribution in [1.29, 1.82) is 0 Å². The number of carboxylic acid groups (broad SMARTS) is 1. The fourth-order valence-electron chi connectivity index (χ4n) is 4.36. The van der Waals surface area contributed by atoms with E-state index < -0.39 is 22.0 Å². The predicted octanol–water partition coefficient (Wildman–Crippen LogP) is 4.38. The van der Waals surface area contributed by atoms with Gasteiger partial charge in [0.15, 0.2) is 0 Å². The number of aryl methyl sites for hydroxylation is 1. The van der Waals surface area contributed by atoms with Crippen LogP contribution in [0.3, 0.4) is 0 Å². The molecule has 0 bridgehead atoms. The number of nitrogens with one attached hydrogen (secondary N) is 1. The number of carbonyl (C=O) groups is 1. The van der Waals surface area contributed by atoms with Gasteiger partial charge in [0.05, 0.1) is 18.6 Å². The molecule has 3 aromatic carbocycles. The number of hydrogen-bond acceptors (Lipinski definition) is 5. The maximum atomic E-state index is 13.1. The third kappa shape index (κ3) is 6.60. The van der Waals surface area contributed by atoms with E-state index in [0.717, 1.165) is 33.3 Å². The highest BCUT2D eigenvalue weighted by Gasteiger charge is 2.27. The largest absolute Gasteiger partial charge is 0.496 e. The summed E-state index contributed by atoms with van der Waals surface area (Å²) in [7, 11) is -2.50. The number of aromatic nitrogens is 1. The van der Waals surface area contributed by atoms with Crippen LogP contribution in [0.4, 0.5) is 0 Å². The monoisotopic (exact) mass is 546 g/mol. The molecule has 1 aromatic heterocycles. The Bertz CT molecular complexity index is 1650. The summed E-state index contributed by atoms with van der Waals surface area (Å²) in [5.74, 6) is 5.42. The highest BCUT2D eigenvalue weighted by atomic mass is 32.2. The highest BCUT2D eigenvalue weighted by Crippen LogP contribution is 2.27. The molecule has 39 heavy (non-hydrogen) atoms. The van der Waals surface area contributed by atoms with Crippen molar-refractivity contribution < 1.29 is 27.8 Å². The Morgan fingerprint density at radius 1 is 1.08 bits per heavy atom. The van der Waals surface area contributed by atoms with E-state index >= 15 is 0 Å². The molecule has 0 aliphatic carbocycles. The number of hydrogen-bond donors (Lipinski definition) is 2. The molecule has 0 amide bonds. The third-order valence-electron chi connectivity index (χ3n) is 6.29. The van der Waals surface area contributed by atoms with Crippen molar-refractivity contribution in [2.75, 3.05) is 13.7 Å². The fraction of sp³-hybridized carbons (Fsp3) is 0.233. The van der Waals surface area contributed by atoms with Gasteiger partial charge in [0.2, 0.25) is 10.0 Å². The van der Waals surface area contributed by atoms with Crippen LogP contribution < -0.4 is 14.2 Å². The van der Waals surface area contributed by atoms with Gasteiger partial charge >= 0.3 is 5.97 Å². The highest BCUT2D eigenvalue weighted by molar-refractivity contribution is 7.89. The number of rotatable bonds is 11. The average molecular weight is 547 g/mol. The van der Waals surface area contributed by atoms with E-state index in [9.17, 15) is 18.3 Å². The van der Waals surface area contributed by atoms with Gasteiger partial charge in [-0.2, -0.15) is 4.72 Å². The van der Waals surface area contributed by atoms with Crippen LogP contribution in [0, 0.1) is 18.8 Å². The van der Waals surface area contributed by atoms with Gasteiger partial charge in [-0.05, 0) is 61.9 Å². The number of aliphatic carboxylic acids is 1. The lowest BCUT2D eigenvalue weighted by molar-refractivity contribution is -0.138. The van der Waals surface area contributed by atoms with Gasteiger partial charge in [0, 0.05) is 29.1 Å².